The molecule has 2 N–H and O–H groups in total. The number of hydrogen-bond donors (Lipinski definition) is 2. The molecule has 1 aliphatic heterocycles. The Bertz CT molecular complexity index is 875. The van der Waals surface area contributed by atoms with Crippen LogP contribution in [-0.2, 0) is 0 Å². The number of urea groups is 1. The van der Waals surface area contributed by atoms with E-state index in [-0.39, 0.29) is 17.3 Å². The van der Waals surface area contributed by atoms with Gasteiger partial charge in [0.2, 0.25) is 0 Å². The van der Waals surface area contributed by atoms with Crippen molar-refractivity contribution in [3.05, 3.63) is 59.4 Å². The lowest BCUT2D eigenvalue weighted by molar-refractivity contribution is 0.224. The minimum Gasteiger partial charge on any atom is -0.496 e. The number of anilines is 1. The van der Waals surface area contributed by atoms with Crippen molar-refractivity contribution in [2.75, 3.05) is 32.1 Å². The van der Waals surface area contributed by atoms with Crippen molar-refractivity contribution in [2.45, 2.75) is 18.9 Å². The first-order chi connectivity index (χ1) is 13.6. The smallest absolute Gasteiger partial charge is 0.319 e. The Balaban J connectivity index is 1.72. The summed E-state index contributed by atoms with van der Waals surface area (Å²) in [6, 6.07) is 12.9. The zero-order chi connectivity index (χ0) is 19.9. The second-order valence-electron chi connectivity index (χ2n) is 6.64. The van der Waals surface area contributed by atoms with Crippen LogP contribution in [0.3, 0.4) is 0 Å². The summed E-state index contributed by atoms with van der Waals surface area (Å²) < 4.78 is 18.8. The fourth-order valence-electron chi connectivity index (χ4n) is 3.50. The third-order valence-electron chi connectivity index (χ3n) is 4.89. The molecule has 1 aliphatic rings. The summed E-state index contributed by atoms with van der Waals surface area (Å²) in [5, 5.41) is 14.6. The highest BCUT2D eigenvalue weighted by Gasteiger charge is 2.26. The highest BCUT2D eigenvalue weighted by atomic mass is 19.1. The number of carbonyl (C=O) groups excluding carboxylic acids is 1. The van der Waals surface area contributed by atoms with E-state index in [1.54, 1.807) is 7.11 Å². The molecule has 1 fully saturated rings. The van der Waals surface area contributed by atoms with Crippen molar-refractivity contribution in [3.63, 3.8) is 0 Å². The summed E-state index contributed by atoms with van der Waals surface area (Å²) in [7, 11) is 1.64. The van der Waals surface area contributed by atoms with Crippen LogP contribution in [0.1, 0.15) is 30.0 Å². The van der Waals surface area contributed by atoms with E-state index in [4.69, 9.17) is 10.00 Å². The average molecular weight is 382 g/mol. The third-order valence-corrected chi connectivity index (χ3v) is 4.89. The van der Waals surface area contributed by atoms with Gasteiger partial charge in [-0.15, -0.1) is 0 Å². The summed E-state index contributed by atoms with van der Waals surface area (Å²) in [5.74, 6) is 0.264. The van der Waals surface area contributed by atoms with Gasteiger partial charge in [0.25, 0.3) is 0 Å². The lowest BCUT2D eigenvalue weighted by Gasteiger charge is -2.29. The minimum absolute atomic E-state index is 0.0203. The number of rotatable bonds is 6. The largest absolute Gasteiger partial charge is 0.496 e. The van der Waals surface area contributed by atoms with Crippen LogP contribution in [-0.4, -0.2) is 37.7 Å². The summed E-state index contributed by atoms with van der Waals surface area (Å²) in [6.07, 6.45) is 2.25. The van der Waals surface area contributed by atoms with Crippen LogP contribution in [0.5, 0.6) is 5.75 Å². The monoisotopic (exact) mass is 382 g/mol. The third kappa shape index (κ3) is 4.59. The molecule has 1 saturated heterocycles. The van der Waals surface area contributed by atoms with E-state index in [2.05, 4.69) is 15.5 Å². The molecular formula is C21H23FN4O2. The van der Waals surface area contributed by atoms with Gasteiger partial charge in [0.15, 0.2) is 0 Å². The molecule has 1 atom stereocenters. The number of methoxy groups -OCH3 is 1. The predicted molar refractivity (Wildman–Crippen MR) is 105 cm³/mol. The maximum atomic E-state index is 13.3. The van der Waals surface area contributed by atoms with E-state index < -0.39 is 11.8 Å². The fourth-order valence-corrected chi connectivity index (χ4v) is 3.50. The number of nitrogens with zero attached hydrogens (tertiary/aromatic N) is 2. The van der Waals surface area contributed by atoms with Gasteiger partial charge in [-0.3, -0.25) is 4.90 Å². The Labute approximate surface area is 163 Å². The van der Waals surface area contributed by atoms with Gasteiger partial charge in [0.05, 0.1) is 24.4 Å². The molecule has 2 aromatic carbocycles. The van der Waals surface area contributed by atoms with E-state index in [1.165, 1.54) is 12.1 Å². The SMILES string of the molecule is COc1ccccc1C(CNC(=O)Nc1ccc(F)cc1C#N)N1CCCC1. The lowest BCUT2D eigenvalue weighted by Crippen LogP contribution is -2.38. The van der Waals surface area contributed by atoms with Crippen LogP contribution in [0.4, 0.5) is 14.9 Å². The molecule has 0 saturated carbocycles. The minimum atomic E-state index is -0.521. The molecule has 28 heavy (non-hydrogen) atoms. The zero-order valence-corrected chi connectivity index (χ0v) is 15.7. The topological polar surface area (TPSA) is 77.4 Å². The van der Waals surface area contributed by atoms with Crippen molar-refractivity contribution in [1.29, 1.82) is 5.26 Å². The maximum Gasteiger partial charge on any atom is 0.319 e. The highest BCUT2D eigenvalue weighted by Crippen LogP contribution is 2.31. The standard InChI is InChI=1S/C21H23FN4O2/c1-28-20-7-3-2-6-17(20)19(26-10-4-5-11-26)14-24-21(27)25-18-9-8-16(22)12-15(18)13-23/h2-3,6-9,12,19H,4-5,10-11,14H2,1H3,(H2,24,25,27). The van der Waals surface area contributed by atoms with Gasteiger partial charge in [-0.1, -0.05) is 18.2 Å². The normalized spacial score (nSPS) is 14.9. The van der Waals surface area contributed by atoms with E-state index >= 15 is 0 Å². The van der Waals surface area contributed by atoms with Crippen molar-refractivity contribution < 1.29 is 13.9 Å². The van der Waals surface area contributed by atoms with Crippen LogP contribution < -0.4 is 15.4 Å². The second-order valence-corrected chi connectivity index (χ2v) is 6.64. The number of para-hydroxylation sites is 1. The molecule has 7 heteroatoms. The molecule has 2 amide bonds. The molecule has 0 aliphatic carbocycles. The van der Waals surface area contributed by atoms with E-state index in [0.29, 0.717) is 6.54 Å². The molecule has 146 valence electrons. The Morgan fingerprint density at radius 1 is 1.29 bits per heavy atom. The van der Waals surface area contributed by atoms with Gasteiger partial charge < -0.3 is 15.4 Å². The zero-order valence-electron chi connectivity index (χ0n) is 15.7. The van der Waals surface area contributed by atoms with Crippen molar-refractivity contribution in [1.82, 2.24) is 10.2 Å². The number of nitriles is 1. The molecule has 0 aromatic heterocycles. The predicted octanol–water partition coefficient (Wildman–Crippen LogP) is 3.66. The quantitative estimate of drug-likeness (QED) is 0.799. The van der Waals surface area contributed by atoms with Gasteiger partial charge in [-0.05, 0) is 50.2 Å². The summed E-state index contributed by atoms with van der Waals surface area (Å²) in [5.41, 5.74) is 1.37. The first-order valence-electron chi connectivity index (χ1n) is 9.24. The number of ether oxygens (including phenoxy) is 1. The van der Waals surface area contributed by atoms with Crippen molar-refractivity contribution in [2.24, 2.45) is 0 Å². The van der Waals surface area contributed by atoms with Crippen molar-refractivity contribution in [3.8, 4) is 11.8 Å². The second kappa shape index (κ2) is 9.20. The van der Waals surface area contributed by atoms with Crippen LogP contribution >= 0.6 is 0 Å². The van der Waals surface area contributed by atoms with Gasteiger partial charge in [-0.25, -0.2) is 9.18 Å². The Hall–Kier alpha value is -3.11. The molecule has 1 unspecified atom stereocenters. The summed E-state index contributed by atoms with van der Waals surface area (Å²) in [6.45, 7) is 2.31. The number of likely N-dealkylation sites (tertiary alicyclic amines) is 1. The van der Waals surface area contributed by atoms with Crippen LogP contribution in [0.15, 0.2) is 42.5 Å². The molecule has 3 rings (SSSR count). The number of nitrogens with one attached hydrogen (secondary N) is 2. The van der Waals surface area contributed by atoms with Gasteiger partial charge in [-0.2, -0.15) is 5.26 Å². The number of amides is 2. The average Bonchev–Trinajstić information content (AvgIpc) is 3.24. The molecule has 1 heterocycles. The van der Waals surface area contributed by atoms with Gasteiger partial charge in [0.1, 0.15) is 17.6 Å². The molecule has 0 spiro atoms. The molecule has 0 radical (unpaired) electrons. The summed E-state index contributed by atoms with van der Waals surface area (Å²) in [4.78, 5) is 14.7. The Morgan fingerprint density at radius 3 is 2.75 bits per heavy atom. The van der Waals surface area contributed by atoms with Gasteiger partial charge >= 0.3 is 6.03 Å². The molecule has 6 nitrogen and oxygen atoms in total. The lowest BCUT2D eigenvalue weighted by atomic mass is 10.0. The first kappa shape index (κ1) is 19.6. The molecular weight excluding hydrogens is 359 g/mol. The van der Waals surface area contributed by atoms with Crippen molar-refractivity contribution >= 4 is 11.7 Å². The number of benzene rings is 2. The van der Waals surface area contributed by atoms with Crippen LogP contribution in [0.25, 0.3) is 0 Å². The first-order valence-corrected chi connectivity index (χ1v) is 9.24. The molecule has 2 aromatic rings. The summed E-state index contributed by atoms with van der Waals surface area (Å²) >= 11 is 0. The van der Waals surface area contributed by atoms with Gasteiger partial charge in [0, 0.05) is 12.1 Å². The van der Waals surface area contributed by atoms with Crippen LogP contribution in [0.2, 0.25) is 0 Å². The van der Waals surface area contributed by atoms with Crippen LogP contribution in [0, 0.1) is 17.1 Å². The maximum absolute atomic E-state index is 13.3. The fraction of sp³-hybridized carbons (Fsp3) is 0.333. The number of halogens is 1. The van der Waals surface area contributed by atoms with E-state index in [1.807, 2.05) is 30.3 Å². The highest BCUT2D eigenvalue weighted by molar-refractivity contribution is 5.90. The Kier molecular flexibility index (Phi) is 6.45. The van der Waals surface area contributed by atoms with E-state index in [0.717, 1.165) is 43.3 Å². The number of hydrogen-bond acceptors (Lipinski definition) is 4. The number of carbonyl (C=O) groups is 1. The van der Waals surface area contributed by atoms with E-state index in [9.17, 15) is 9.18 Å². The Morgan fingerprint density at radius 2 is 2.04 bits per heavy atom. The molecule has 0 bridgehead atoms.